The van der Waals surface area contributed by atoms with Gasteiger partial charge in [0.2, 0.25) is 0 Å². The molecule has 1 aliphatic rings. The fourth-order valence-electron chi connectivity index (χ4n) is 2.02. The van der Waals surface area contributed by atoms with Gasteiger partial charge in [0.25, 0.3) is 0 Å². The Morgan fingerprint density at radius 3 is 2.65 bits per heavy atom. The highest BCUT2D eigenvalue weighted by atomic mass is 35.5. The molecule has 0 bridgehead atoms. The second-order valence-electron chi connectivity index (χ2n) is 4.25. The van der Waals surface area contributed by atoms with Gasteiger partial charge in [0, 0.05) is 6.04 Å². The average molecular weight is 254 g/mol. The third kappa shape index (κ3) is 3.63. The number of ether oxygens (including phenoxy) is 1. The fraction of sp³-hybridized carbons (Fsp3) is 0.462. The van der Waals surface area contributed by atoms with Gasteiger partial charge in [-0.3, -0.25) is 0 Å². The van der Waals surface area contributed by atoms with Crippen molar-refractivity contribution in [2.45, 2.75) is 37.1 Å². The number of hydrogen-bond donors (Lipinski definition) is 1. The normalized spacial score (nSPS) is 24.1. The van der Waals surface area contributed by atoms with Crippen LogP contribution in [-0.2, 0) is 0 Å². The van der Waals surface area contributed by atoms with E-state index in [2.05, 4.69) is 5.32 Å². The summed E-state index contributed by atoms with van der Waals surface area (Å²) in [5.41, 5.74) is 0. The Morgan fingerprint density at radius 2 is 1.94 bits per heavy atom. The van der Waals surface area contributed by atoms with Gasteiger partial charge < -0.3 is 10.1 Å². The van der Waals surface area contributed by atoms with E-state index in [1.54, 1.807) is 12.1 Å². The zero-order chi connectivity index (χ0) is 12.1. The van der Waals surface area contributed by atoms with Crippen LogP contribution in [0.2, 0.25) is 0 Å². The monoisotopic (exact) mass is 253 g/mol. The zero-order valence-electron chi connectivity index (χ0n) is 9.56. The number of carbonyl (C=O) groups is 1. The zero-order valence-corrected chi connectivity index (χ0v) is 10.3. The SMILES string of the molecule is O=C(N[C@@H]1CCCC[C@@H]1Cl)Oc1ccccc1. The van der Waals surface area contributed by atoms with Gasteiger partial charge >= 0.3 is 6.09 Å². The maximum absolute atomic E-state index is 11.6. The number of carbonyl (C=O) groups excluding carboxylic acids is 1. The van der Waals surface area contributed by atoms with Crippen LogP contribution < -0.4 is 10.1 Å². The molecule has 1 fully saturated rings. The fourth-order valence-corrected chi connectivity index (χ4v) is 2.37. The highest BCUT2D eigenvalue weighted by Gasteiger charge is 2.25. The molecule has 1 aromatic rings. The Kier molecular flexibility index (Phi) is 4.26. The molecule has 0 spiro atoms. The standard InChI is InChI=1S/C13H16ClNO2/c14-11-8-4-5-9-12(11)15-13(16)17-10-6-2-1-3-7-10/h1-3,6-7,11-12H,4-5,8-9H2,(H,15,16)/t11-,12+/m0/s1. The second kappa shape index (κ2) is 5.92. The van der Waals surface area contributed by atoms with E-state index in [1.807, 2.05) is 18.2 Å². The van der Waals surface area contributed by atoms with Gasteiger partial charge in [-0.15, -0.1) is 11.6 Å². The minimum atomic E-state index is -0.422. The summed E-state index contributed by atoms with van der Waals surface area (Å²) in [5.74, 6) is 0.548. The van der Waals surface area contributed by atoms with E-state index in [0.717, 1.165) is 25.7 Å². The smallest absolute Gasteiger partial charge is 0.410 e. The Labute approximate surface area is 106 Å². The summed E-state index contributed by atoms with van der Waals surface area (Å²) < 4.78 is 5.16. The van der Waals surface area contributed by atoms with Gasteiger partial charge in [0.1, 0.15) is 5.75 Å². The molecular formula is C13H16ClNO2. The first kappa shape index (κ1) is 12.2. The van der Waals surface area contributed by atoms with Crippen LogP contribution in [0.1, 0.15) is 25.7 Å². The Balaban J connectivity index is 1.84. The molecule has 1 saturated carbocycles. The summed E-state index contributed by atoms with van der Waals surface area (Å²) in [6, 6.07) is 9.06. The van der Waals surface area contributed by atoms with Crippen LogP contribution >= 0.6 is 11.6 Å². The number of hydrogen-bond acceptors (Lipinski definition) is 2. The van der Waals surface area contributed by atoms with Crippen molar-refractivity contribution in [3.63, 3.8) is 0 Å². The summed E-state index contributed by atoms with van der Waals surface area (Å²) in [6.45, 7) is 0. The minimum Gasteiger partial charge on any atom is -0.410 e. The van der Waals surface area contributed by atoms with Crippen molar-refractivity contribution in [3.05, 3.63) is 30.3 Å². The number of rotatable bonds is 2. The van der Waals surface area contributed by atoms with Crippen molar-refractivity contribution in [1.82, 2.24) is 5.32 Å². The van der Waals surface area contributed by atoms with Crippen LogP contribution in [0.4, 0.5) is 4.79 Å². The van der Waals surface area contributed by atoms with Gasteiger partial charge in [-0.2, -0.15) is 0 Å². The van der Waals surface area contributed by atoms with Gasteiger partial charge in [-0.1, -0.05) is 31.0 Å². The molecule has 0 unspecified atom stereocenters. The molecule has 1 amide bonds. The summed E-state index contributed by atoms with van der Waals surface area (Å²) in [5, 5.41) is 2.84. The van der Waals surface area contributed by atoms with Crippen molar-refractivity contribution >= 4 is 17.7 Å². The van der Waals surface area contributed by atoms with Gasteiger partial charge in [0.05, 0.1) is 5.38 Å². The van der Waals surface area contributed by atoms with Crippen LogP contribution in [0.3, 0.4) is 0 Å². The Hall–Kier alpha value is -1.22. The predicted molar refractivity (Wildman–Crippen MR) is 67.5 cm³/mol. The molecule has 92 valence electrons. The minimum absolute atomic E-state index is 0.0204. The largest absolute Gasteiger partial charge is 0.412 e. The first-order valence-electron chi connectivity index (χ1n) is 5.93. The third-order valence-electron chi connectivity index (χ3n) is 2.94. The first-order chi connectivity index (χ1) is 8.25. The molecular weight excluding hydrogens is 238 g/mol. The third-order valence-corrected chi connectivity index (χ3v) is 3.46. The highest BCUT2D eigenvalue weighted by molar-refractivity contribution is 6.21. The molecule has 17 heavy (non-hydrogen) atoms. The van der Waals surface area contributed by atoms with E-state index in [1.165, 1.54) is 0 Å². The number of para-hydroxylation sites is 1. The molecule has 3 nitrogen and oxygen atoms in total. The molecule has 1 N–H and O–H groups in total. The molecule has 1 aromatic carbocycles. The first-order valence-corrected chi connectivity index (χ1v) is 6.37. The maximum atomic E-state index is 11.6. The number of halogens is 1. The molecule has 2 atom stereocenters. The second-order valence-corrected chi connectivity index (χ2v) is 4.81. The molecule has 4 heteroatoms. The van der Waals surface area contributed by atoms with E-state index in [9.17, 15) is 4.79 Å². The summed E-state index contributed by atoms with van der Waals surface area (Å²) in [4.78, 5) is 11.6. The van der Waals surface area contributed by atoms with Crippen LogP contribution in [0, 0.1) is 0 Å². The van der Waals surface area contributed by atoms with Crippen molar-refractivity contribution in [2.75, 3.05) is 0 Å². The molecule has 0 radical (unpaired) electrons. The van der Waals surface area contributed by atoms with Crippen molar-refractivity contribution in [2.24, 2.45) is 0 Å². The lowest BCUT2D eigenvalue weighted by Crippen LogP contribution is -2.44. The van der Waals surface area contributed by atoms with E-state index in [0.29, 0.717) is 5.75 Å². The quantitative estimate of drug-likeness (QED) is 0.821. The number of amides is 1. The van der Waals surface area contributed by atoms with Gasteiger partial charge in [-0.05, 0) is 25.0 Å². The lowest BCUT2D eigenvalue weighted by Gasteiger charge is -2.27. The number of nitrogens with one attached hydrogen (secondary N) is 1. The van der Waals surface area contributed by atoms with Crippen molar-refractivity contribution in [3.8, 4) is 5.75 Å². The van der Waals surface area contributed by atoms with Crippen molar-refractivity contribution < 1.29 is 9.53 Å². The molecule has 0 aliphatic heterocycles. The maximum Gasteiger partial charge on any atom is 0.412 e. The van der Waals surface area contributed by atoms with E-state index < -0.39 is 6.09 Å². The Morgan fingerprint density at radius 1 is 1.24 bits per heavy atom. The van der Waals surface area contributed by atoms with Crippen LogP contribution in [0.15, 0.2) is 30.3 Å². The van der Waals surface area contributed by atoms with Gasteiger partial charge in [-0.25, -0.2) is 4.79 Å². The van der Waals surface area contributed by atoms with Crippen LogP contribution in [0.5, 0.6) is 5.75 Å². The van der Waals surface area contributed by atoms with Crippen LogP contribution in [0.25, 0.3) is 0 Å². The predicted octanol–water partition coefficient (Wildman–Crippen LogP) is 3.33. The van der Waals surface area contributed by atoms with Crippen LogP contribution in [-0.4, -0.2) is 17.5 Å². The summed E-state index contributed by atoms with van der Waals surface area (Å²) >= 11 is 6.16. The lowest BCUT2D eigenvalue weighted by molar-refractivity contribution is 0.192. The highest BCUT2D eigenvalue weighted by Crippen LogP contribution is 2.23. The summed E-state index contributed by atoms with van der Waals surface area (Å²) in [6.07, 6.45) is 3.71. The van der Waals surface area contributed by atoms with Crippen molar-refractivity contribution in [1.29, 1.82) is 0 Å². The molecule has 0 saturated heterocycles. The number of benzene rings is 1. The molecule has 1 aliphatic carbocycles. The average Bonchev–Trinajstić information content (AvgIpc) is 2.33. The lowest BCUT2D eigenvalue weighted by atomic mass is 9.95. The molecule has 0 heterocycles. The molecule has 0 aromatic heterocycles. The van der Waals surface area contributed by atoms with E-state index in [4.69, 9.17) is 16.3 Å². The van der Waals surface area contributed by atoms with Gasteiger partial charge in [0.15, 0.2) is 0 Å². The van der Waals surface area contributed by atoms with E-state index in [-0.39, 0.29) is 11.4 Å². The van der Waals surface area contributed by atoms with E-state index >= 15 is 0 Å². The topological polar surface area (TPSA) is 38.3 Å². The number of alkyl halides is 1. The Bertz CT molecular complexity index is 369. The molecule has 2 rings (SSSR count). The summed E-state index contributed by atoms with van der Waals surface area (Å²) in [7, 11) is 0.